The first-order valence-corrected chi connectivity index (χ1v) is 6.20. The average molecular weight is 260 g/mol. The molecule has 0 radical (unpaired) electrons. The Bertz CT molecular complexity index is 539. The Hall–Kier alpha value is -1.98. The van der Waals surface area contributed by atoms with Crippen LogP contribution in [0.5, 0.6) is 11.5 Å². The number of ether oxygens (including phenoxy) is 2. The molecule has 2 aliphatic rings. The maximum Gasteiger partial charge on any atom is 0.231 e. The molecule has 2 unspecified atom stereocenters. The molecular weight excluding hydrogens is 244 g/mol. The van der Waals surface area contributed by atoms with E-state index in [2.05, 4.69) is 5.32 Å². The van der Waals surface area contributed by atoms with E-state index in [4.69, 9.17) is 15.2 Å². The van der Waals surface area contributed by atoms with Gasteiger partial charge in [0.2, 0.25) is 6.79 Å². The van der Waals surface area contributed by atoms with Gasteiger partial charge in [0, 0.05) is 11.7 Å². The molecule has 5 heteroatoms. The Morgan fingerprint density at radius 3 is 2.95 bits per heavy atom. The van der Waals surface area contributed by atoms with Crippen LogP contribution in [-0.4, -0.2) is 17.9 Å². The first kappa shape index (κ1) is 12.1. The van der Waals surface area contributed by atoms with Crippen LogP contribution in [0, 0.1) is 0 Å². The van der Waals surface area contributed by atoms with Gasteiger partial charge >= 0.3 is 0 Å². The van der Waals surface area contributed by atoms with Crippen LogP contribution in [0.25, 0.3) is 0 Å². The van der Waals surface area contributed by atoms with Gasteiger partial charge in [0.25, 0.3) is 0 Å². The van der Waals surface area contributed by atoms with E-state index in [0.29, 0.717) is 11.5 Å². The largest absolute Gasteiger partial charge is 0.454 e. The van der Waals surface area contributed by atoms with Gasteiger partial charge in [-0.1, -0.05) is 18.2 Å². The van der Waals surface area contributed by atoms with Crippen LogP contribution in [0.2, 0.25) is 0 Å². The lowest BCUT2D eigenvalue weighted by molar-refractivity contribution is 0.130. The van der Waals surface area contributed by atoms with Crippen LogP contribution in [0.4, 0.5) is 0 Å². The van der Waals surface area contributed by atoms with Gasteiger partial charge in [0.1, 0.15) is 6.23 Å². The van der Waals surface area contributed by atoms with Crippen LogP contribution in [-0.2, 0) is 0 Å². The number of nitrogens with two attached hydrogens (primary N) is 1. The number of benzene rings is 1. The minimum Gasteiger partial charge on any atom is -0.454 e. The van der Waals surface area contributed by atoms with Gasteiger partial charge in [-0.05, 0) is 30.2 Å². The van der Waals surface area contributed by atoms with E-state index in [1.54, 1.807) is 12.1 Å². The number of aliphatic hydroxyl groups is 1. The molecule has 0 saturated carbocycles. The molecule has 2 atom stereocenters. The third-order valence-electron chi connectivity index (χ3n) is 3.21. The van der Waals surface area contributed by atoms with E-state index in [1.165, 1.54) is 0 Å². The van der Waals surface area contributed by atoms with Gasteiger partial charge in [-0.25, -0.2) is 0 Å². The van der Waals surface area contributed by atoms with Crippen molar-refractivity contribution in [3.05, 3.63) is 47.7 Å². The smallest absolute Gasteiger partial charge is 0.231 e. The van der Waals surface area contributed by atoms with E-state index in [9.17, 15) is 5.11 Å². The summed E-state index contributed by atoms with van der Waals surface area (Å²) in [6.45, 7) is 0.234. The highest BCUT2D eigenvalue weighted by Gasteiger charge is 2.18. The molecule has 1 aromatic rings. The molecule has 0 bridgehead atoms. The van der Waals surface area contributed by atoms with Crippen molar-refractivity contribution in [2.24, 2.45) is 5.73 Å². The highest BCUT2D eigenvalue weighted by molar-refractivity contribution is 5.45. The second kappa shape index (κ2) is 4.95. The predicted octanol–water partition coefficient (Wildman–Crippen LogP) is 1.17. The van der Waals surface area contributed by atoms with Crippen molar-refractivity contribution < 1.29 is 14.6 Å². The molecular formula is C14H16N2O3. The molecule has 3 rings (SSSR count). The number of hydrogen-bond donors (Lipinski definition) is 3. The normalized spacial score (nSPS) is 22.2. The summed E-state index contributed by atoms with van der Waals surface area (Å²) >= 11 is 0. The second-order valence-electron chi connectivity index (χ2n) is 4.59. The van der Waals surface area contributed by atoms with E-state index >= 15 is 0 Å². The summed E-state index contributed by atoms with van der Waals surface area (Å²) in [5.41, 5.74) is 7.16. The molecule has 1 aliphatic heterocycles. The third-order valence-corrected chi connectivity index (χ3v) is 3.21. The zero-order valence-corrected chi connectivity index (χ0v) is 10.4. The second-order valence-corrected chi connectivity index (χ2v) is 4.59. The Kier molecular flexibility index (Phi) is 3.15. The van der Waals surface area contributed by atoms with Crippen molar-refractivity contribution in [3.8, 4) is 11.5 Å². The van der Waals surface area contributed by atoms with Crippen molar-refractivity contribution in [2.45, 2.75) is 18.7 Å². The van der Waals surface area contributed by atoms with Gasteiger partial charge in [0.05, 0.1) is 0 Å². The van der Waals surface area contributed by atoms with Crippen LogP contribution < -0.4 is 20.5 Å². The lowest BCUT2D eigenvalue weighted by atomic mass is 10.1. The van der Waals surface area contributed by atoms with Gasteiger partial charge in [-0.2, -0.15) is 0 Å². The minimum absolute atomic E-state index is 0.0766. The Labute approximate surface area is 111 Å². The zero-order chi connectivity index (χ0) is 13.2. The number of rotatable bonds is 3. The highest BCUT2D eigenvalue weighted by atomic mass is 16.7. The lowest BCUT2D eigenvalue weighted by Gasteiger charge is -2.21. The number of fused-ring (bicyclic) bond motifs is 1. The van der Waals surface area contributed by atoms with Gasteiger partial charge in [0.15, 0.2) is 11.5 Å². The Morgan fingerprint density at radius 1 is 1.32 bits per heavy atom. The van der Waals surface area contributed by atoms with Crippen molar-refractivity contribution in [3.63, 3.8) is 0 Å². The number of hydrogen-bond acceptors (Lipinski definition) is 5. The van der Waals surface area contributed by atoms with E-state index in [1.807, 2.05) is 24.3 Å². The first-order chi connectivity index (χ1) is 9.22. The predicted molar refractivity (Wildman–Crippen MR) is 70.5 cm³/mol. The molecule has 1 aliphatic carbocycles. The quantitative estimate of drug-likeness (QED) is 0.711. The number of allylic oxidation sites excluding steroid dienone is 1. The molecule has 0 spiro atoms. The van der Waals surface area contributed by atoms with Crippen molar-refractivity contribution in [2.75, 3.05) is 6.79 Å². The molecule has 4 N–H and O–H groups in total. The lowest BCUT2D eigenvalue weighted by Crippen LogP contribution is -2.32. The maximum absolute atomic E-state index is 10.2. The van der Waals surface area contributed by atoms with Crippen molar-refractivity contribution in [1.82, 2.24) is 5.32 Å². The average Bonchev–Trinajstić information content (AvgIpc) is 2.88. The molecule has 1 heterocycles. The van der Waals surface area contributed by atoms with Crippen molar-refractivity contribution in [1.29, 1.82) is 0 Å². The van der Waals surface area contributed by atoms with E-state index in [-0.39, 0.29) is 12.8 Å². The molecule has 0 fully saturated rings. The minimum atomic E-state index is -0.753. The summed E-state index contributed by atoms with van der Waals surface area (Å²) in [6.07, 6.45) is 5.74. The first-order valence-electron chi connectivity index (χ1n) is 6.20. The van der Waals surface area contributed by atoms with Gasteiger partial charge in [-0.15, -0.1) is 0 Å². The maximum atomic E-state index is 10.2. The third kappa shape index (κ3) is 2.57. The highest BCUT2D eigenvalue weighted by Crippen LogP contribution is 2.33. The summed E-state index contributed by atoms with van der Waals surface area (Å²) in [7, 11) is 0. The van der Waals surface area contributed by atoms with Crippen LogP contribution in [0.15, 0.2) is 42.1 Å². The number of nitrogens with one attached hydrogen (secondary N) is 1. The molecule has 0 saturated heterocycles. The monoisotopic (exact) mass is 260 g/mol. The van der Waals surface area contributed by atoms with Crippen LogP contribution in [0.3, 0.4) is 0 Å². The SMILES string of the molecule is NC1=CCC(NC(O)c2ccc3c(c2)OCO3)C=C1. The summed E-state index contributed by atoms with van der Waals surface area (Å²) in [4.78, 5) is 0. The molecule has 0 amide bonds. The zero-order valence-electron chi connectivity index (χ0n) is 10.4. The fraction of sp³-hybridized carbons (Fsp3) is 0.286. The van der Waals surface area contributed by atoms with Crippen molar-refractivity contribution >= 4 is 0 Å². The summed E-state index contributed by atoms with van der Waals surface area (Å²) < 4.78 is 10.5. The molecule has 5 nitrogen and oxygen atoms in total. The Morgan fingerprint density at radius 2 is 2.16 bits per heavy atom. The molecule has 0 aromatic heterocycles. The number of aliphatic hydroxyl groups excluding tert-OH is 1. The summed E-state index contributed by atoms with van der Waals surface area (Å²) in [5, 5.41) is 13.3. The van der Waals surface area contributed by atoms with E-state index in [0.717, 1.165) is 17.7 Å². The van der Waals surface area contributed by atoms with E-state index < -0.39 is 6.23 Å². The summed E-state index contributed by atoms with van der Waals surface area (Å²) in [6, 6.07) is 5.49. The van der Waals surface area contributed by atoms with Crippen LogP contribution >= 0.6 is 0 Å². The fourth-order valence-electron chi connectivity index (χ4n) is 2.14. The Balaban J connectivity index is 1.67. The molecule has 1 aromatic carbocycles. The molecule has 100 valence electrons. The van der Waals surface area contributed by atoms with Gasteiger partial charge < -0.3 is 20.3 Å². The summed E-state index contributed by atoms with van der Waals surface area (Å²) in [5.74, 6) is 1.38. The van der Waals surface area contributed by atoms with Gasteiger partial charge in [-0.3, -0.25) is 5.32 Å². The fourth-order valence-corrected chi connectivity index (χ4v) is 2.14. The standard InChI is InChI=1S/C14H16N2O3/c15-10-2-4-11(5-3-10)16-14(17)9-1-6-12-13(7-9)19-8-18-12/h1-4,6-7,11,14,16-17H,5,8,15H2. The van der Waals surface area contributed by atoms with Crippen LogP contribution in [0.1, 0.15) is 18.2 Å². The molecule has 19 heavy (non-hydrogen) atoms. The topological polar surface area (TPSA) is 76.7 Å².